The quantitative estimate of drug-likeness (QED) is 0.601. The summed E-state index contributed by atoms with van der Waals surface area (Å²) >= 11 is 0. The van der Waals surface area contributed by atoms with Crippen LogP contribution < -0.4 is 10.6 Å². The number of nitrogens with one attached hydrogen (secondary N) is 2. The molecule has 0 unspecified atom stereocenters. The molecule has 0 heterocycles. The molecule has 0 saturated carbocycles. The average Bonchev–Trinajstić information content (AvgIpc) is 2.46. The highest BCUT2D eigenvalue weighted by molar-refractivity contribution is 5.90. The lowest BCUT2D eigenvalue weighted by Gasteiger charge is -2.06. The van der Waals surface area contributed by atoms with E-state index in [4.69, 9.17) is 0 Å². The van der Waals surface area contributed by atoms with Crippen molar-refractivity contribution in [3.05, 3.63) is 30.3 Å². The van der Waals surface area contributed by atoms with Crippen molar-refractivity contribution in [3.8, 4) is 0 Å². The molecule has 0 fully saturated rings. The van der Waals surface area contributed by atoms with Gasteiger partial charge in [-0.05, 0) is 25.1 Å². The maximum absolute atomic E-state index is 11.7. The van der Waals surface area contributed by atoms with E-state index in [1.54, 1.807) is 0 Å². The summed E-state index contributed by atoms with van der Waals surface area (Å²) in [5.41, 5.74) is 0.869. The number of unbranched alkanes of at least 4 members (excludes halogenated alkanes) is 5. The summed E-state index contributed by atoms with van der Waals surface area (Å²) in [5.74, 6) is 0.0756. The predicted molar refractivity (Wildman–Crippen MR) is 85.9 cm³/mol. The standard InChI is InChI=1S/C17H28N2O/c1-2-3-4-5-6-10-14-18-15-13-17(20)19-16-11-8-7-9-12-16/h7-9,11-12,18H,2-6,10,13-15H2,1H3,(H,19,20). The number of para-hydroxylation sites is 1. The first-order chi connectivity index (χ1) is 9.83. The van der Waals surface area contributed by atoms with Gasteiger partial charge in [-0.25, -0.2) is 0 Å². The molecule has 3 heteroatoms. The van der Waals surface area contributed by atoms with Crippen LogP contribution in [0.1, 0.15) is 51.9 Å². The SMILES string of the molecule is CCCCCCCCNCCC(=O)Nc1ccccc1. The predicted octanol–water partition coefficient (Wildman–Crippen LogP) is 3.97. The van der Waals surface area contributed by atoms with Crippen LogP contribution in [0.5, 0.6) is 0 Å². The molecule has 112 valence electrons. The van der Waals surface area contributed by atoms with E-state index in [-0.39, 0.29) is 5.91 Å². The minimum absolute atomic E-state index is 0.0756. The van der Waals surface area contributed by atoms with Crippen LogP contribution in [0.15, 0.2) is 30.3 Å². The van der Waals surface area contributed by atoms with Crippen LogP contribution in [-0.4, -0.2) is 19.0 Å². The molecule has 1 aromatic rings. The Morgan fingerprint density at radius 2 is 1.65 bits per heavy atom. The first-order valence-electron chi connectivity index (χ1n) is 7.88. The van der Waals surface area contributed by atoms with E-state index in [1.807, 2.05) is 30.3 Å². The van der Waals surface area contributed by atoms with Crippen LogP contribution in [0, 0.1) is 0 Å². The fraction of sp³-hybridized carbons (Fsp3) is 0.588. The molecule has 0 saturated heterocycles. The van der Waals surface area contributed by atoms with Gasteiger partial charge in [-0.1, -0.05) is 57.2 Å². The molecule has 1 aromatic carbocycles. The van der Waals surface area contributed by atoms with Crippen molar-refractivity contribution >= 4 is 11.6 Å². The summed E-state index contributed by atoms with van der Waals surface area (Å²) in [6.07, 6.45) is 8.39. The number of anilines is 1. The molecule has 0 bridgehead atoms. The Morgan fingerprint density at radius 1 is 0.950 bits per heavy atom. The van der Waals surface area contributed by atoms with Crippen LogP contribution in [-0.2, 0) is 4.79 Å². The molecular weight excluding hydrogens is 248 g/mol. The van der Waals surface area contributed by atoms with Gasteiger partial charge in [-0.15, -0.1) is 0 Å². The largest absolute Gasteiger partial charge is 0.326 e. The number of carbonyl (C=O) groups is 1. The highest BCUT2D eigenvalue weighted by Gasteiger charge is 2.00. The van der Waals surface area contributed by atoms with Gasteiger partial charge in [0, 0.05) is 18.7 Å². The third-order valence-corrected chi connectivity index (χ3v) is 3.29. The number of hydrogen-bond acceptors (Lipinski definition) is 2. The Morgan fingerprint density at radius 3 is 2.40 bits per heavy atom. The van der Waals surface area contributed by atoms with Crippen LogP contribution in [0.25, 0.3) is 0 Å². The summed E-state index contributed by atoms with van der Waals surface area (Å²) < 4.78 is 0. The molecule has 2 N–H and O–H groups in total. The topological polar surface area (TPSA) is 41.1 Å². The Bertz CT molecular complexity index is 351. The number of benzene rings is 1. The zero-order valence-corrected chi connectivity index (χ0v) is 12.7. The molecule has 0 aliphatic carbocycles. The van der Waals surface area contributed by atoms with E-state index in [9.17, 15) is 4.79 Å². The lowest BCUT2D eigenvalue weighted by molar-refractivity contribution is -0.116. The smallest absolute Gasteiger partial charge is 0.225 e. The molecule has 0 aliphatic rings. The van der Waals surface area contributed by atoms with Gasteiger partial charge >= 0.3 is 0 Å². The number of amides is 1. The van der Waals surface area contributed by atoms with E-state index in [2.05, 4.69) is 17.6 Å². The fourth-order valence-corrected chi connectivity index (χ4v) is 2.10. The van der Waals surface area contributed by atoms with Gasteiger partial charge in [0.15, 0.2) is 0 Å². The molecular formula is C17H28N2O. The third kappa shape index (κ3) is 8.70. The zero-order valence-electron chi connectivity index (χ0n) is 12.7. The zero-order chi connectivity index (χ0) is 14.5. The maximum Gasteiger partial charge on any atom is 0.225 e. The molecule has 0 aromatic heterocycles. The van der Waals surface area contributed by atoms with Crippen molar-refractivity contribution in [3.63, 3.8) is 0 Å². The van der Waals surface area contributed by atoms with E-state index >= 15 is 0 Å². The van der Waals surface area contributed by atoms with Gasteiger partial charge in [0.25, 0.3) is 0 Å². The summed E-state index contributed by atoms with van der Waals surface area (Å²) in [6, 6.07) is 9.60. The minimum atomic E-state index is 0.0756. The van der Waals surface area contributed by atoms with Crippen molar-refractivity contribution in [2.24, 2.45) is 0 Å². The van der Waals surface area contributed by atoms with Crippen LogP contribution >= 0.6 is 0 Å². The molecule has 0 aliphatic heterocycles. The van der Waals surface area contributed by atoms with Gasteiger partial charge in [0.2, 0.25) is 5.91 Å². The van der Waals surface area contributed by atoms with Crippen molar-refractivity contribution in [1.82, 2.24) is 5.32 Å². The second-order valence-corrected chi connectivity index (χ2v) is 5.18. The van der Waals surface area contributed by atoms with Crippen LogP contribution in [0.2, 0.25) is 0 Å². The lowest BCUT2D eigenvalue weighted by Crippen LogP contribution is -2.22. The van der Waals surface area contributed by atoms with Gasteiger partial charge in [0.05, 0.1) is 0 Å². The monoisotopic (exact) mass is 276 g/mol. The van der Waals surface area contributed by atoms with Crippen molar-refractivity contribution in [2.45, 2.75) is 51.9 Å². The summed E-state index contributed by atoms with van der Waals surface area (Å²) in [7, 11) is 0. The van der Waals surface area contributed by atoms with Gasteiger partial charge in [-0.3, -0.25) is 4.79 Å². The lowest BCUT2D eigenvalue weighted by atomic mass is 10.1. The van der Waals surface area contributed by atoms with Crippen molar-refractivity contribution < 1.29 is 4.79 Å². The van der Waals surface area contributed by atoms with Gasteiger partial charge in [0.1, 0.15) is 0 Å². The second-order valence-electron chi connectivity index (χ2n) is 5.18. The molecule has 0 spiro atoms. The number of hydrogen-bond donors (Lipinski definition) is 2. The number of rotatable bonds is 11. The average molecular weight is 276 g/mol. The maximum atomic E-state index is 11.7. The van der Waals surface area contributed by atoms with E-state index < -0.39 is 0 Å². The normalized spacial score (nSPS) is 10.4. The van der Waals surface area contributed by atoms with Crippen LogP contribution in [0.4, 0.5) is 5.69 Å². The Balaban J connectivity index is 1.92. The van der Waals surface area contributed by atoms with Gasteiger partial charge < -0.3 is 10.6 Å². The highest BCUT2D eigenvalue weighted by Crippen LogP contribution is 2.05. The Hall–Kier alpha value is -1.35. The van der Waals surface area contributed by atoms with E-state index in [0.29, 0.717) is 6.42 Å². The van der Waals surface area contributed by atoms with Crippen molar-refractivity contribution in [2.75, 3.05) is 18.4 Å². The first-order valence-corrected chi connectivity index (χ1v) is 7.88. The minimum Gasteiger partial charge on any atom is -0.326 e. The summed E-state index contributed by atoms with van der Waals surface area (Å²) in [4.78, 5) is 11.7. The molecule has 0 radical (unpaired) electrons. The number of carbonyl (C=O) groups excluding carboxylic acids is 1. The molecule has 1 amide bonds. The molecule has 0 atom stereocenters. The molecule has 20 heavy (non-hydrogen) atoms. The Labute approximate surface area is 123 Å². The van der Waals surface area contributed by atoms with Crippen molar-refractivity contribution in [1.29, 1.82) is 0 Å². The summed E-state index contributed by atoms with van der Waals surface area (Å²) in [6.45, 7) is 4.01. The summed E-state index contributed by atoms with van der Waals surface area (Å²) in [5, 5.41) is 6.22. The van der Waals surface area contributed by atoms with E-state index in [0.717, 1.165) is 18.8 Å². The molecule has 3 nitrogen and oxygen atoms in total. The highest BCUT2D eigenvalue weighted by atomic mass is 16.1. The second kappa shape index (κ2) is 11.5. The fourth-order valence-electron chi connectivity index (χ4n) is 2.10. The van der Waals surface area contributed by atoms with Crippen LogP contribution in [0.3, 0.4) is 0 Å². The Kier molecular flexibility index (Phi) is 9.58. The molecule has 1 rings (SSSR count). The first kappa shape index (κ1) is 16.7. The third-order valence-electron chi connectivity index (χ3n) is 3.29. The van der Waals surface area contributed by atoms with Gasteiger partial charge in [-0.2, -0.15) is 0 Å². The van der Waals surface area contributed by atoms with E-state index in [1.165, 1.54) is 38.5 Å².